The van der Waals surface area contributed by atoms with Gasteiger partial charge in [0.2, 0.25) is 5.91 Å². The molecule has 0 radical (unpaired) electrons. The quantitative estimate of drug-likeness (QED) is 0.399. The molecule has 1 aliphatic carbocycles. The first-order valence-electron chi connectivity index (χ1n) is 10.9. The molecule has 1 saturated carbocycles. The highest BCUT2D eigenvalue weighted by Gasteiger charge is 2.31. The molecule has 178 valence electrons. The van der Waals surface area contributed by atoms with Crippen LogP contribution >= 0.6 is 46.4 Å². The molecule has 9 heteroatoms. The molecule has 2 aromatic rings. The van der Waals surface area contributed by atoms with Gasteiger partial charge in [-0.2, -0.15) is 0 Å². The fraction of sp³-hybridized carbons (Fsp3) is 0.417. The molecule has 0 unspecified atom stereocenters. The Bertz CT molecular complexity index is 996. The average molecular weight is 532 g/mol. The lowest BCUT2D eigenvalue weighted by Crippen LogP contribution is -2.52. The van der Waals surface area contributed by atoms with Crippen molar-refractivity contribution in [3.8, 4) is 5.75 Å². The Morgan fingerprint density at radius 2 is 1.67 bits per heavy atom. The number of amides is 2. The summed E-state index contributed by atoms with van der Waals surface area (Å²) in [6, 6.07) is 9.31. The lowest BCUT2D eigenvalue weighted by Gasteiger charge is -2.31. The Morgan fingerprint density at radius 1 is 1.03 bits per heavy atom. The molecular formula is C24H26Cl4N2O3. The monoisotopic (exact) mass is 530 g/mol. The number of carbonyl (C=O) groups excluding carboxylic acids is 2. The number of nitrogens with zero attached hydrogens (tertiary/aromatic N) is 1. The molecule has 0 saturated heterocycles. The van der Waals surface area contributed by atoms with Crippen molar-refractivity contribution >= 4 is 58.2 Å². The van der Waals surface area contributed by atoms with Gasteiger partial charge >= 0.3 is 0 Å². The Kier molecular flexibility index (Phi) is 9.57. The fourth-order valence-corrected chi connectivity index (χ4v) is 4.87. The number of hydrogen-bond acceptors (Lipinski definition) is 3. The van der Waals surface area contributed by atoms with Crippen molar-refractivity contribution in [2.24, 2.45) is 0 Å². The summed E-state index contributed by atoms with van der Waals surface area (Å²) in [5.74, 6) is -0.199. The largest absolute Gasteiger partial charge is 0.482 e. The zero-order chi connectivity index (χ0) is 24.0. The Morgan fingerprint density at radius 3 is 2.27 bits per heavy atom. The van der Waals surface area contributed by atoms with Gasteiger partial charge in [0.05, 0.1) is 5.02 Å². The molecule has 2 amide bonds. The molecule has 0 spiro atoms. The summed E-state index contributed by atoms with van der Waals surface area (Å²) in [5, 5.41) is 4.78. The summed E-state index contributed by atoms with van der Waals surface area (Å²) < 4.78 is 5.66. The summed E-state index contributed by atoms with van der Waals surface area (Å²) in [5.41, 5.74) is 0.686. The second kappa shape index (κ2) is 12.2. The zero-order valence-electron chi connectivity index (χ0n) is 18.3. The smallest absolute Gasteiger partial charge is 0.261 e. The van der Waals surface area contributed by atoms with Crippen molar-refractivity contribution in [3.63, 3.8) is 0 Å². The second-order valence-corrected chi connectivity index (χ2v) is 9.72. The van der Waals surface area contributed by atoms with Gasteiger partial charge < -0.3 is 15.0 Å². The standard InChI is InChI=1S/C24H26Cl4N2O3/c1-2-21(24(32)29-18-5-3-4-6-18)30(13-15-7-8-16(25)11-19(15)27)23(31)14-33-22-10-9-17(26)12-20(22)28/h7-12,18,21H,2-6,13-14H2,1H3,(H,29,32)/t21-/m0/s1. The van der Waals surface area contributed by atoms with Crippen molar-refractivity contribution in [1.29, 1.82) is 0 Å². The average Bonchev–Trinajstić information content (AvgIpc) is 3.27. The molecule has 3 rings (SSSR count). The third kappa shape index (κ3) is 7.16. The van der Waals surface area contributed by atoms with E-state index >= 15 is 0 Å². The van der Waals surface area contributed by atoms with Crippen molar-refractivity contribution in [2.45, 2.75) is 57.7 Å². The van der Waals surface area contributed by atoms with E-state index < -0.39 is 6.04 Å². The van der Waals surface area contributed by atoms with Crippen LogP contribution in [0.3, 0.4) is 0 Å². The van der Waals surface area contributed by atoms with Gasteiger partial charge in [-0.1, -0.05) is 72.2 Å². The molecule has 1 fully saturated rings. The summed E-state index contributed by atoms with van der Waals surface area (Å²) in [4.78, 5) is 27.9. The molecule has 1 aliphatic rings. The van der Waals surface area contributed by atoms with Gasteiger partial charge in [0, 0.05) is 27.7 Å². The van der Waals surface area contributed by atoms with E-state index in [-0.39, 0.29) is 31.0 Å². The molecule has 1 atom stereocenters. The molecule has 0 aromatic heterocycles. The van der Waals surface area contributed by atoms with Crippen LogP contribution < -0.4 is 10.1 Å². The van der Waals surface area contributed by atoms with Gasteiger partial charge in [-0.05, 0) is 55.2 Å². The minimum atomic E-state index is -0.672. The number of rotatable bonds is 9. The summed E-state index contributed by atoms with van der Waals surface area (Å²) >= 11 is 24.5. The first kappa shape index (κ1) is 26.0. The lowest BCUT2D eigenvalue weighted by molar-refractivity contribution is -0.143. The SMILES string of the molecule is CC[C@@H](C(=O)NC1CCCC1)N(Cc1ccc(Cl)cc1Cl)C(=O)COc1ccc(Cl)cc1Cl. The normalized spacial score (nSPS) is 14.7. The maximum Gasteiger partial charge on any atom is 0.261 e. The van der Waals surface area contributed by atoms with Crippen LogP contribution in [-0.2, 0) is 16.1 Å². The van der Waals surface area contributed by atoms with Crippen molar-refractivity contribution in [1.82, 2.24) is 10.2 Å². The molecule has 2 aromatic carbocycles. The van der Waals surface area contributed by atoms with Crippen LogP contribution in [0.15, 0.2) is 36.4 Å². The number of benzene rings is 2. The second-order valence-electron chi connectivity index (χ2n) is 8.03. The fourth-order valence-electron chi connectivity index (χ4n) is 3.94. The third-order valence-electron chi connectivity index (χ3n) is 5.69. The number of halogens is 4. The molecule has 0 aliphatic heterocycles. The van der Waals surface area contributed by atoms with Gasteiger partial charge in [0.15, 0.2) is 6.61 Å². The predicted octanol–water partition coefficient (Wildman–Crippen LogP) is 6.55. The highest BCUT2D eigenvalue weighted by atomic mass is 35.5. The summed E-state index contributed by atoms with van der Waals surface area (Å²) in [6.07, 6.45) is 4.55. The van der Waals surface area contributed by atoms with E-state index in [2.05, 4.69) is 5.32 Å². The van der Waals surface area contributed by atoms with Gasteiger partial charge in [0.1, 0.15) is 11.8 Å². The van der Waals surface area contributed by atoms with Crippen LogP contribution in [0.1, 0.15) is 44.6 Å². The first-order chi connectivity index (χ1) is 15.8. The Labute approximate surface area is 214 Å². The lowest BCUT2D eigenvalue weighted by atomic mass is 10.1. The Hall–Kier alpha value is -1.66. The first-order valence-corrected chi connectivity index (χ1v) is 12.4. The van der Waals surface area contributed by atoms with Gasteiger partial charge in [-0.25, -0.2) is 0 Å². The van der Waals surface area contributed by atoms with Gasteiger partial charge in [0.25, 0.3) is 5.91 Å². The van der Waals surface area contributed by atoms with E-state index in [0.29, 0.717) is 37.8 Å². The molecule has 0 heterocycles. The number of nitrogens with one attached hydrogen (secondary N) is 1. The van der Waals surface area contributed by atoms with Crippen LogP contribution in [-0.4, -0.2) is 35.4 Å². The highest BCUT2D eigenvalue weighted by molar-refractivity contribution is 6.35. The number of hydrogen-bond donors (Lipinski definition) is 1. The van der Waals surface area contributed by atoms with Crippen LogP contribution in [0.2, 0.25) is 20.1 Å². The van der Waals surface area contributed by atoms with E-state index in [0.717, 1.165) is 25.7 Å². The van der Waals surface area contributed by atoms with Crippen LogP contribution in [0.4, 0.5) is 0 Å². The molecule has 1 N–H and O–H groups in total. The van der Waals surface area contributed by atoms with Gasteiger partial charge in [-0.3, -0.25) is 9.59 Å². The predicted molar refractivity (Wildman–Crippen MR) is 133 cm³/mol. The van der Waals surface area contributed by atoms with E-state index in [4.69, 9.17) is 51.1 Å². The highest BCUT2D eigenvalue weighted by Crippen LogP contribution is 2.28. The van der Waals surface area contributed by atoms with E-state index in [9.17, 15) is 9.59 Å². The van der Waals surface area contributed by atoms with Crippen LogP contribution in [0.5, 0.6) is 5.75 Å². The molecular weight excluding hydrogens is 506 g/mol. The number of ether oxygens (including phenoxy) is 1. The van der Waals surface area contributed by atoms with Crippen LogP contribution in [0, 0.1) is 0 Å². The topological polar surface area (TPSA) is 58.6 Å². The van der Waals surface area contributed by atoms with E-state index in [1.165, 1.54) is 11.0 Å². The molecule has 5 nitrogen and oxygen atoms in total. The minimum absolute atomic E-state index is 0.142. The summed E-state index contributed by atoms with van der Waals surface area (Å²) in [6.45, 7) is 1.72. The van der Waals surface area contributed by atoms with E-state index in [1.54, 1.807) is 30.3 Å². The van der Waals surface area contributed by atoms with Gasteiger partial charge in [-0.15, -0.1) is 0 Å². The van der Waals surface area contributed by atoms with Crippen molar-refractivity contribution < 1.29 is 14.3 Å². The minimum Gasteiger partial charge on any atom is -0.482 e. The maximum absolute atomic E-state index is 13.3. The van der Waals surface area contributed by atoms with Crippen LogP contribution in [0.25, 0.3) is 0 Å². The zero-order valence-corrected chi connectivity index (χ0v) is 21.3. The van der Waals surface area contributed by atoms with E-state index in [1.807, 2.05) is 6.92 Å². The third-order valence-corrected chi connectivity index (χ3v) is 6.81. The molecule has 0 bridgehead atoms. The molecule has 33 heavy (non-hydrogen) atoms. The number of carbonyl (C=O) groups is 2. The van der Waals surface area contributed by atoms with Crippen molar-refractivity contribution in [3.05, 3.63) is 62.1 Å². The van der Waals surface area contributed by atoms with Crippen molar-refractivity contribution in [2.75, 3.05) is 6.61 Å². The summed E-state index contributed by atoms with van der Waals surface area (Å²) in [7, 11) is 0. The Balaban J connectivity index is 1.80. The maximum atomic E-state index is 13.3.